The van der Waals surface area contributed by atoms with Gasteiger partial charge in [0.15, 0.2) is 23.0 Å². The van der Waals surface area contributed by atoms with E-state index < -0.39 is 0 Å². The zero-order chi connectivity index (χ0) is 43.0. The van der Waals surface area contributed by atoms with Gasteiger partial charge in [-0.25, -0.2) is 0 Å². The van der Waals surface area contributed by atoms with E-state index in [1.807, 2.05) is 72.8 Å². The van der Waals surface area contributed by atoms with E-state index in [9.17, 15) is 0 Å². The lowest BCUT2D eigenvalue weighted by Crippen LogP contribution is -2.15. The quantitative estimate of drug-likeness (QED) is 0.173. The van der Waals surface area contributed by atoms with E-state index in [-0.39, 0.29) is 0 Å². The van der Waals surface area contributed by atoms with Gasteiger partial charge in [0.25, 0.3) is 0 Å². The molecular weight excluding hydrogens is 821 g/mol. The Hall–Kier alpha value is -9.14. The molecule has 310 valence electrons. The molecule has 2 aliphatic heterocycles. The van der Waals surface area contributed by atoms with Crippen LogP contribution in [0.2, 0.25) is 0 Å². The summed E-state index contributed by atoms with van der Waals surface area (Å²) >= 11 is 0. The molecule has 0 aliphatic carbocycles. The fourth-order valence-electron chi connectivity index (χ4n) is 9.89. The fourth-order valence-corrected chi connectivity index (χ4v) is 9.89. The molecule has 8 nitrogen and oxygen atoms in total. The predicted molar refractivity (Wildman–Crippen MR) is 261 cm³/mol. The topological polar surface area (TPSA) is 77.5 Å². The molecule has 0 saturated heterocycles. The minimum absolute atomic E-state index is 0.727. The monoisotopic (exact) mass is 852 g/mol. The van der Waals surface area contributed by atoms with Crippen molar-refractivity contribution in [1.82, 2.24) is 0 Å². The van der Waals surface area contributed by atoms with Gasteiger partial charge in [-0.1, -0.05) is 60.7 Å². The smallest absolute Gasteiger partial charge is 0.152 e. The van der Waals surface area contributed by atoms with E-state index in [4.69, 9.17) is 27.1 Å². The maximum Gasteiger partial charge on any atom is 0.152 e. The van der Waals surface area contributed by atoms with Crippen LogP contribution in [0.5, 0.6) is 23.0 Å². The summed E-state index contributed by atoms with van der Waals surface area (Å²) in [4.78, 5) is 4.45. The van der Waals surface area contributed by atoms with Crippen LogP contribution in [0.1, 0.15) is 0 Å². The van der Waals surface area contributed by atoms with E-state index in [1.54, 1.807) is 0 Å². The third-order valence-electron chi connectivity index (χ3n) is 13.0. The number of benzene rings is 9. The van der Waals surface area contributed by atoms with Crippen molar-refractivity contribution in [3.05, 3.63) is 194 Å². The molecule has 15 rings (SSSR count). The lowest BCUT2D eigenvalue weighted by Gasteiger charge is -2.32. The zero-order valence-electron chi connectivity index (χ0n) is 34.8. The minimum atomic E-state index is 0.727. The maximum atomic E-state index is 6.73. The Morgan fingerprint density at radius 1 is 0.273 bits per heavy atom. The molecule has 0 unspecified atom stereocenters. The first kappa shape index (κ1) is 35.3. The van der Waals surface area contributed by atoms with Gasteiger partial charge < -0.3 is 36.9 Å². The summed E-state index contributed by atoms with van der Waals surface area (Å²) in [6, 6.07) is 65.9. The molecule has 4 aromatic heterocycles. The van der Waals surface area contributed by atoms with Crippen LogP contribution < -0.4 is 19.3 Å². The van der Waals surface area contributed by atoms with Crippen LogP contribution in [0.25, 0.3) is 88.5 Å². The molecule has 0 N–H and O–H groups in total. The molecular formula is C58H32N2O6. The number of anilines is 6. The van der Waals surface area contributed by atoms with Crippen molar-refractivity contribution in [3.63, 3.8) is 0 Å². The molecule has 0 atom stereocenters. The van der Waals surface area contributed by atoms with Crippen molar-refractivity contribution < 1.29 is 27.1 Å². The first-order valence-electron chi connectivity index (χ1n) is 21.9. The number of para-hydroxylation sites is 6. The van der Waals surface area contributed by atoms with E-state index in [2.05, 4.69) is 131 Å². The second-order valence-electron chi connectivity index (χ2n) is 16.9. The van der Waals surface area contributed by atoms with Gasteiger partial charge >= 0.3 is 0 Å². The lowest BCUT2D eigenvalue weighted by atomic mass is 10.0. The molecule has 8 heteroatoms. The highest BCUT2D eigenvalue weighted by molar-refractivity contribution is 6.16. The van der Waals surface area contributed by atoms with Gasteiger partial charge in [-0.05, 0) is 121 Å². The molecule has 0 saturated carbocycles. The van der Waals surface area contributed by atoms with E-state index in [1.165, 1.54) is 0 Å². The van der Waals surface area contributed by atoms with Gasteiger partial charge in [0.1, 0.15) is 45.0 Å². The molecule has 0 radical (unpaired) electrons. The van der Waals surface area contributed by atoms with Crippen LogP contribution in [-0.2, 0) is 0 Å². The number of hydrogen-bond donors (Lipinski definition) is 0. The Bertz CT molecular complexity index is 3800. The molecule has 0 fully saturated rings. The highest BCUT2D eigenvalue weighted by atomic mass is 16.5. The van der Waals surface area contributed by atoms with Crippen molar-refractivity contribution in [3.8, 4) is 45.6 Å². The summed E-state index contributed by atoms with van der Waals surface area (Å²) in [7, 11) is 0. The standard InChI is InChI=1S/C58H32N2O6/c1-5-13-47-35(9-1)25-51(61-47)33-17-21-37(22-18-33)59-43-11-3-7-15-49(43)63-57-29-41-39-27-54-40(28-53(39)65-55(41)31-45(57)59)42-30-58-46(32-56(42)66-54)60(44-12-4-8-16-50(44)64-58)38-23-19-34(20-24-38)52-26-36-10-2-6-14-48(36)62-52/h1-32H. The molecule has 2 aliphatic rings. The zero-order valence-corrected chi connectivity index (χ0v) is 34.8. The normalized spacial score (nSPS) is 13.0. The first-order chi connectivity index (χ1) is 32.6. The largest absolute Gasteiger partial charge is 0.456 e. The second kappa shape index (κ2) is 13.2. The number of furan rings is 4. The van der Waals surface area contributed by atoms with Crippen molar-refractivity contribution in [2.75, 3.05) is 9.80 Å². The van der Waals surface area contributed by atoms with Gasteiger partial charge in [-0.3, -0.25) is 0 Å². The van der Waals surface area contributed by atoms with E-state index in [0.29, 0.717) is 0 Å². The van der Waals surface area contributed by atoms with E-state index >= 15 is 0 Å². The van der Waals surface area contributed by atoms with Crippen LogP contribution in [0.3, 0.4) is 0 Å². The van der Waals surface area contributed by atoms with Crippen LogP contribution in [0.15, 0.2) is 212 Å². The lowest BCUT2D eigenvalue weighted by molar-refractivity contribution is 0.477. The van der Waals surface area contributed by atoms with Gasteiger partial charge in [-0.15, -0.1) is 0 Å². The van der Waals surface area contributed by atoms with Crippen molar-refractivity contribution in [2.24, 2.45) is 0 Å². The molecule has 13 aromatic rings. The number of fused-ring (bicyclic) bond motifs is 12. The Kier molecular flexibility index (Phi) is 7.07. The average Bonchev–Trinajstić information content (AvgIpc) is 4.16. The molecule has 6 heterocycles. The van der Waals surface area contributed by atoms with Gasteiger partial charge in [-0.2, -0.15) is 0 Å². The molecule has 9 aromatic carbocycles. The van der Waals surface area contributed by atoms with Crippen LogP contribution >= 0.6 is 0 Å². The van der Waals surface area contributed by atoms with Gasteiger partial charge in [0.05, 0.1) is 22.7 Å². The third kappa shape index (κ3) is 5.20. The molecule has 0 amide bonds. The molecule has 66 heavy (non-hydrogen) atoms. The Morgan fingerprint density at radius 2 is 0.667 bits per heavy atom. The van der Waals surface area contributed by atoms with Gasteiger partial charge in [0, 0.05) is 67.0 Å². The van der Waals surface area contributed by atoms with Crippen molar-refractivity contribution in [2.45, 2.75) is 0 Å². The van der Waals surface area contributed by atoms with Crippen molar-refractivity contribution in [1.29, 1.82) is 0 Å². The maximum absolute atomic E-state index is 6.73. The van der Waals surface area contributed by atoms with Crippen LogP contribution in [0.4, 0.5) is 34.1 Å². The number of nitrogens with zero attached hydrogens (tertiary/aromatic N) is 2. The fraction of sp³-hybridized carbons (Fsp3) is 0. The van der Waals surface area contributed by atoms with Crippen LogP contribution in [-0.4, -0.2) is 0 Å². The molecule has 0 bridgehead atoms. The average molecular weight is 853 g/mol. The minimum Gasteiger partial charge on any atom is -0.456 e. The number of hydrogen-bond acceptors (Lipinski definition) is 8. The second-order valence-corrected chi connectivity index (χ2v) is 16.9. The van der Waals surface area contributed by atoms with Crippen LogP contribution in [0, 0.1) is 0 Å². The first-order valence-corrected chi connectivity index (χ1v) is 21.9. The Labute approximate surface area is 375 Å². The number of ether oxygens (including phenoxy) is 2. The third-order valence-corrected chi connectivity index (χ3v) is 13.0. The van der Waals surface area contributed by atoms with E-state index in [0.717, 1.165) is 146 Å². The Balaban J connectivity index is 0.821. The highest BCUT2D eigenvalue weighted by Gasteiger charge is 2.30. The SMILES string of the molecule is c1ccc2c(c1)Oc1cc3c(cc1N2c1ccc(-c2cc4ccccc4o2)cc1)oc1cc2c(cc13)oc1cc3c(cc12)Oc1ccccc1N3c1ccc(-c2cc3ccccc3o2)cc1. The number of rotatable bonds is 4. The highest BCUT2D eigenvalue weighted by Crippen LogP contribution is 2.55. The summed E-state index contributed by atoms with van der Waals surface area (Å²) in [6.45, 7) is 0. The summed E-state index contributed by atoms with van der Waals surface area (Å²) in [5, 5.41) is 5.88. The summed E-state index contributed by atoms with van der Waals surface area (Å²) in [5.74, 6) is 4.64. The molecule has 0 spiro atoms. The summed E-state index contributed by atoms with van der Waals surface area (Å²) in [5.41, 5.74) is 12.3. The predicted octanol–water partition coefficient (Wildman–Crippen LogP) is 17.5. The summed E-state index contributed by atoms with van der Waals surface area (Å²) < 4.78 is 39.1. The Morgan fingerprint density at radius 3 is 1.12 bits per heavy atom. The van der Waals surface area contributed by atoms with Crippen molar-refractivity contribution >= 4 is 99.9 Å². The van der Waals surface area contributed by atoms with Gasteiger partial charge in [0.2, 0.25) is 0 Å². The summed E-state index contributed by atoms with van der Waals surface area (Å²) in [6.07, 6.45) is 0.